The molecule has 0 aliphatic rings. The molecule has 0 aliphatic carbocycles. The minimum atomic E-state index is 1.01. The maximum Gasteiger partial charge on any atom is 0.139 e. The maximum atomic E-state index is 3.48. The quantitative estimate of drug-likeness (QED) is 0.524. The van der Waals surface area contributed by atoms with E-state index in [9.17, 15) is 0 Å². The van der Waals surface area contributed by atoms with Crippen LogP contribution in [0.5, 0.6) is 0 Å². The van der Waals surface area contributed by atoms with Crippen LogP contribution in [0.15, 0.2) is 24.3 Å². The zero-order valence-electron chi connectivity index (χ0n) is 10.1. The SMILES string of the molecule is Bc1ccc(CNCCCCCC)cc1. The molecular weight excluding hydrogens is 181 g/mol. The van der Waals surface area contributed by atoms with E-state index in [0.29, 0.717) is 0 Å². The summed E-state index contributed by atoms with van der Waals surface area (Å²) < 4.78 is 0. The molecule has 0 saturated carbocycles. The molecule has 0 unspecified atom stereocenters. The molecule has 0 saturated heterocycles. The first-order valence-corrected chi connectivity index (χ1v) is 6.09. The van der Waals surface area contributed by atoms with Crippen LogP contribution in [0.1, 0.15) is 38.2 Å². The van der Waals surface area contributed by atoms with Crippen molar-refractivity contribution in [1.29, 1.82) is 0 Å². The van der Waals surface area contributed by atoms with Crippen LogP contribution >= 0.6 is 0 Å². The number of unbranched alkanes of at least 4 members (excludes halogenated alkanes) is 3. The van der Waals surface area contributed by atoms with Crippen LogP contribution in [0, 0.1) is 0 Å². The van der Waals surface area contributed by atoms with Crippen molar-refractivity contribution >= 4 is 13.3 Å². The van der Waals surface area contributed by atoms with Crippen molar-refractivity contribution < 1.29 is 0 Å². The second-order valence-corrected chi connectivity index (χ2v) is 4.22. The number of hydrogen-bond donors (Lipinski definition) is 1. The molecule has 0 radical (unpaired) electrons. The first kappa shape index (κ1) is 12.3. The second-order valence-electron chi connectivity index (χ2n) is 4.22. The zero-order valence-corrected chi connectivity index (χ0v) is 10.1. The van der Waals surface area contributed by atoms with Crippen LogP contribution in [0.25, 0.3) is 0 Å². The molecule has 1 nitrogen and oxygen atoms in total. The van der Waals surface area contributed by atoms with Crippen molar-refractivity contribution in [3.63, 3.8) is 0 Å². The third kappa shape index (κ3) is 5.63. The Morgan fingerprint density at radius 3 is 2.47 bits per heavy atom. The van der Waals surface area contributed by atoms with Gasteiger partial charge in [0.25, 0.3) is 0 Å². The summed E-state index contributed by atoms with van der Waals surface area (Å²) in [6.45, 7) is 4.40. The highest BCUT2D eigenvalue weighted by Gasteiger charge is 1.92. The normalized spacial score (nSPS) is 10.5. The van der Waals surface area contributed by atoms with E-state index >= 15 is 0 Å². The summed E-state index contributed by atoms with van der Waals surface area (Å²) in [7, 11) is 2.13. The molecule has 0 spiro atoms. The summed E-state index contributed by atoms with van der Waals surface area (Å²) in [5.74, 6) is 0. The highest BCUT2D eigenvalue weighted by Crippen LogP contribution is 1.99. The van der Waals surface area contributed by atoms with Crippen LogP contribution in [0.4, 0.5) is 0 Å². The molecule has 0 aliphatic heterocycles. The summed E-state index contributed by atoms with van der Waals surface area (Å²) in [6.07, 6.45) is 5.35. The predicted molar refractivity (Wildman–Crippen MR) is 70.5 cm³/mol. The van der Waals surface area contributed by atoms with Crippen LogP contribution in [-0.2, 0) is 6.54 Å². The van der Waals surface area contributed by atoms with Gasteiger partial charge in [0, 0.05) is 6.54 Å². The fourth-order valence-electron chi connectivity index (χ4n) is 1.62. The van der Waals surface area contributed by atoms with Gasteiger partial charge in [-0.1, -0.05) is 55.9 Å². The monoisotopic (exact) mass is 203 g/mol. The lowest BCUT2D eigenvalue weighted by atomic mass is 9.95. The van der Waals surface area contributed by atoms with Gasteiger partial charge in [-0.25, -0.2) is 0 Å². The first-order valence-electron chi connectivity index (χ1n) is 6.09. The van der Waals surface area contributed by atoms with Gasteiger partial charge in [-0.15, -0.1) is 0 Å². The van der Waals surface area contributed by atoms with Gasteiger partial charge in [-0.3, -0.25) is 0 Å². The van der Waals surface area contributed by atoms with Crippen LogP contribution in [0.2, 0.25) is 0 Å². The molecule has 15 heavy (non-hydrogen) atoms. The molecule has 0 atom stereocenters. The summed E-state index contributed by atoms with van der Waals surface area (Å²) >= 11 is 0. The van der Waals surface area contributed by atoms with E-state index in [1.165, 1.54) is 36.7 Å². The zero-order chi connectivity index (χ0) is 10.9. The Kier molecular flexibility index (Phi) is 6.18. The van der Waals surface area contributed by atoms with Crippen molar-refractivity contribution in [2.75, 3.05) is 6.54 Å². The van der Waals surface area contributed by atoms with Crippen molar-refractivity contribution in [3.05, 3.63) is 29.8 Å². The van der Waals surface area contributed by atoms with Gasteiger partial charge in [-0.2, -0.15) is 0 Å². The molecular formula is C13H22BN. The average molecular weight is 203 g/mol. The van der Waals surface area contributed by atoms with Crippen LogP contribution in [-0.4, -0.2) is 14.4 Å². The Morgan fingerprint density at radius 1 is 1.07 bits per heavy atom. The van der Waals surface area contributed by atoms with E-state index in [1.807, 2.05) is 0 Å². The van der Waals surface area contributed by atoms with Crippen LogP contribution in [0.3, 0.4) is 0 Å². The Balaban J connectivity index is 2.07. The van der Waals surface area contributed by atoms with E-state index in [-0.39, 0.29) is 0 Å². The van der Waals surface area contributed by atoms with Crippen molar-refractivity contribution in [3.8, 4) is 0 Å². The van der Waals surface area contributed by atoms with E-state index < -0.39 is 0 Å². The highest BCUT2D eigenvalue weighted by atomic mass is 14.8. The lowest BCUT2D eigenvalue weighted by molar-refractivity contribution is 0.598. The van der Waals surface area contributed by atoms with E-state index in [0.717, 1.165) is 13.1 Å². The molecule has 0 heterocycles. The van der Waals surface area contributed by atoms with Crippen molar-refractivity contribution in [2.24, 2.45) is 0 Å². The standard InChI is InChI=1S/C13H22BN/c1-2-3-4-5-10-15-11-12-6-8-13(14)9-7-12/h6-9,15H,2-5,10-11,14H2,1H3. The minimum absolute atomic E-state index is 1.01. The van der Waals surface area contributed by atoms with Gasteiger partial charge in [-0.05, 0) is 18.5 Å². The Bertz CT molecular complexity index is 256. The number of nitrogens with one attached hydrogen (secondary N) is 1. The second kappa shape index (κ2) is 7.53. The Morgan fingerprint density at radius 2 is 1.80 bits per heavy atom. The third-order valence-corrected chi connectivity index (χ3v) is 2.66. The smallest absolute Gasteiger partial charge is 0.139 e. The molecule has 0 bridgehead atoms. The average Bonchev–Trinajstić information content (AvgIpc) is 2.26. The van der Waals surface area contributed by atoms with E-state index in [1.54, 1.807) is 0 Å². The molecule has 1 aromatic rings. The van der Waals surface area contributed by atoms with Gasteiger partial charge >= 0.3 is 0 Å². The number of rotatable bonds is 7. The van der Waals surface area contributed by atoms with Gasteiger partial charge in [0.1, 0.15) is 7.85 Å². The van der Waals surface area contributed by atoms with E-state index in [2.05, 4.69) is 44.4 Å². The summed E-state index contributed by atoms with van der Waals surface area (Å²) in [5, 5.41) is 3.48. The van der Waals surface area contributed by atoms with Gasteiger partial charge in [0.15, 0.2) is 0 Å². The molecule has 0 aromatic heterocycles. The summed E-state index contributed by atoms with van der Waals surface area (Å²) in [6, 6.07) is 8.75. The maximum absolute atomic E-state index is 3.48. The molecule has 0 fully saturated rings. The molecule has 1 N–H and O–H groups in total. The van der Waals surface area contributed by atoms with Crippen molar-refractivity contribution in [1.82, 2.24) is 5.32 Å². The molecule has 1 aromatic carbocycles. The summed E-state index contributed by atoms with van der Waals surface area (Å²) in [4.78, 5) is 0. The number of benzene rings is 1. The topological polar surface area (TPSA) is 12.0 Å². The van der Waals surface area contributed by atoms with Gasteiger partial charge in [0.2, 0.25) is 0 Å². The molecule has 1 rings (SSSR count). The Labute approximate surface area is 94.7 Å². The fraction of sp³-hybridized carbons (Fsp3) is 0.538. The van der Waals surface area contributed by atoms with Gasteiger partial charge < -0.3 is 5.32 Å². The highest BCUT2D eigenvalue weighted by molar-refractivity contribution is 6.32. The minimum Gasteiger partial charge on any atom is -0.313 e. The lowest BCUT2D eigenvalue weighted by Gasteiger charge is -2.04. The lowest BCUT2D eigenvalue weighted by Crippen LogP contribution is -2.15. The van der Waals surface area contributed by atoms with Gasteiger partial charge in [0.05, 0.1) is 0 Å². The number of hydrogen-bond acceptors (Lipinski definition) is 1. The van der Waals surface area contributed by atoms with Crippen molar-refractivity contribution in [2.45, 2.75) is 39.2 Å². The predicted octanol–water partition coefficient (Wildman–Crippen LogP) is 1.61. The molecule has 82 valence electrons. The third-order valence-electron chi connectivity index (χ3n) is 2.66. The largest absolute Gasteiger partial charge is 0.313 e. The summed E-state index contributed by atoms with van der Waals surface area (Å²) in [5.41, 5.74) is 2.72. The molecule has 2 heteroatoms. The van der Waals surface area contributed by atoms with Crippen LogP contribution < -0.4 is 10.8 Å². The first-order chi connectivity index (χ1) is 7.33. The molecule has 0 amide bonds. The Hall–Kier alpha value is -0.755. The fourth-order valence-corrected chi connectivity index (χ4v) is 1.62. The van der Waals surface area contributed by atoms with E-state index in [4.69, 9.17) is 0 Å².